The SMILES string of the molecule is COC(=O)N(CC1CCCC1)C1CCN(CCC(CN(C)S(=O)(=O)c2ccccc2)c2ccccc2)CC1. The van der Waals surface area contributed by atoms with E-state index in [2.05, 4.69) is 17.0 Å². The van der Waals surface area contributed by atoms with Crippen molar-refractivity contribution in [2.45, 2.75) is 61.8 Å². The number of hydrogen-bond acceptors (Lipinski definition) is 5. The molecule has 2 fully saturated rings. The van der Waals surface area contributed by atoms with E-state index in [1.165, 1.54) is 37.1 Å². The molecule has 1 amide bonds. The van der Waals surface area contributed by atoms with Crippen molar-refractivity contribution in [2.75, 3.05) is 46.9 Å². The van der Waals surface area contributed by atoms with Gasteiger partial charge in [-0.15, -0.1) is 0 Å². The fourth-order valence-electron chi connectivity index (χ4n) is 6.02. The highest BCUT2D eigenvalue weighted by Gasteiger charge is 2.32. The molecule has 4 rings (SSSR count). The zero-order valence-electron chi connectivity index (χ0n) is 22.9. The van der Waals surface area contributed by atoms with Gasteiger partial charge in [0, 0.05) is 39.3 Å². The van der Waals surface area contributed by atoms with Crippen LogP contribution >= 0.6 is 0 Å². The summed E-state index contributed by atoms with van der Waals surface area (Å²) in [5.41, 5.74) is 1.16. The van der Waals surface area contributed by atoms with Gasteiger partial charge in [0.25, 0.3) is 0 Å². The predicted octanol–water partition coefficient (Wildman–Crippen LogP) is 5.20. The third-order valence-electron chi connectivity index (χ3n) is 8.33. The average Bonchev–Trinajstić information content (AvgIpc) is 3.48. The maximum atomic E-state index is 13.2. The standard InChI is InChI=1S/C30H43N3O4S/c1-31(38(35,36)29-15-7-4-8-16-29)24-27(26-13-5-3-6-14-26)17-20-32-21-18-28(19-22-32)33(30(34)37-2)23-25-11-9-10-12-25/h3-8,13-16,25,27-28H,9-12,17-24H2,1-2H3. The molecule has 1 unspecified atom stereocenters. The Morgan fingerprint density at radius 2 is 1.58 bits per heavy atom. The molecule has 208 valence electrons. The number of ether oxygens (including phenoxy) is 1. The van der Waals surface area contributed by atoms with E-state index in [1.54, 1.807) is 31.3 Å². The number of carbonyl (C=O) groups is 1. The number of sulfonamides is 1. The fraction of sp³-hybridized carbons (Fsp3) is 0.567. The third-order valence-corrected chi connectivity index (χ3v) is 10.2. The average molecular weight is 542 g/mol. The molecule has 1 aliphatic carbocycles. The van der Waals surface area contributed by atoms with Crippen molar-refractivity contribution < 1.29 is 17.9 Å². The second kappa shape index (κ2) is 13.6. The lowest BCUT2D eigenvalue weighted by molar-refractivity contribution is 0.0692. The first kappa shape index (κ1) is 28.6. The lowest BCUT2D eigenvalue weighted by Crippen LogP contribution is -2.49. The quantitative estimate of drug-likeness (QED) is 0.391. The zero-order valence-corrected chi connectivity index (χ0v) is 23.7. The van der Waals surface area contributed by atoms with E-state index in [1.807, 2.05) is 29.2 Å². The second-order valence-electron chi connectivity index (χ2n) is 10.8. The molecular formula is C30H43N3O4S. The van der Waals surface area contributed by atoms with Crippen molar-refractivity contribution in [2.24, 2.45) is 5.92 Å². The van der Waals surface area contributed by atoms with Gasteiger partial charge in [0.15, 0.2) is 0 Å². The molecule has 0 N–H and O–H groups in total. The van der Waals surface area contributed by atoms with Crippen LogP contribution in [0.3, 0.4) is 0 Å². The van der Waals surface area contributed by atoms with E-state index in [0.29, 0.717) is 17.4 Å². The van der Waals surface area contributed by atoms with Gasteiger partial charge in [0.2, 0.25) is 10.0 Å². The Hall–Kier alpha value is -2.42. The minimum absolute atomic E-state index is 0.0892. The zero-order chi connectivity index (χ0) is 27.0. The number of nitrogens with zero attached hydrogens (tertiary/aromatic N) is 3. The first-order valence-corrected chi connectivity index (χ1v) is 15.5. The summed E-state index contributed by atoms with van der Waals surface area (Å²) in [6, 6.07) is 19.1. The van der Waals surface area contributed by atoms with Gasteiger partial charge in [-0.25, -0.2) is 17.5 Å². The number of amides is 1. The lowest BCUT2D eigenvalue weighted by Gasteiger charge is -2.39. The summed E-state index contributed by atoms with van der Waals surface area (Å²) >= 11 is 0. The summed E-state index contributed by atoms with van der Waals surface area (Å²) < 4.78 is 33.0. The van der Waals surface area contributed by atoms with Gasteiger partial charge in [-0.2, -0.15) is 0 Å². The Morgan fingerprint density at radius 1 is 0.974 bits per heavy atom. The van der Waals surface area contributed by atoms with Crippen LogP contribution in [0.15, 0.2) is 65.6 Å². The number of rotatable bonds is 11. The van der Waals surface area contributed by atoms with Gasteiger partial charge < -0.3 is 14.5 Å². The van der Waals surface area contributed by atoms with Gasteiger partial charge in [0.05, 0.1) is 12.0 Å². The fourth-order valence-corrected chi connectivity index (χ4v) is 7.26. The number of likely N-dealkylation sites (tertiary alicyclic amines) is 1. The predicted molar refractivity (Wildman–Crippen MR) is 151 cm³/mol. The number of methoxy groups -OCH3 is 1. The van der Waals surface area contributed by atoms with Crippen LogP contribution in [0.25, 0.3) is 0 Å². The van der Waals surface area contributed by atoms with Crippen molar-refractivity contribution in [3.63, 3.8) is 0 Å². The number of piperidine rings is 1. The van der Waals surface area contributed by atoms with Crippen molar-refractivity contribution in [3.05, 3.63) is 66.2 Å². The topological polar surface area (TPSA) is 70.2 Å². The Kier molecular flexibility index (Phi) is 10.2. The van der Waals surface area contributed by atoms with Crippen molar-refractivity contribution >= 4 is 16.1 Å². The molecule has 1 aliphatic heterocycles. The molecule has 0 spiro atoms. The molecule has 1 atom stereocenters. The van der Waals surface area contributed by atoms with Crippen molar-refractivity contribution in [1.29, 1.82) is 0 Å². The molecule has 2 aromatic rings. The largest absolute Gasteiger partial charge is 0.453 e. The summed E-state index contributed by atoms with van der Waals surface area (Å²) in [6.07, 6.45) is 7.52. The Balaban J connectivity index is 1.35. The Labute approximate surface area is 228 Å². The van der Waals surface area contributed by atoms with Crippen LogP contribution in [-0.4, -0.2) is 81.5 Å². The monoisotopic (exact) mass is 541 g/mol. The van der Waals surface area contributed by atoms with Crippen LogP contribution in [0.4, 0.5) is 4.79 Å². The van der Waals surface area contributed by atoms with Crippen LogP contribution in [0.5, 0.6) is 0 Å². The van der Waals surface area contributed by atoms with Crippen LogP contribution in [0, 0.1) is 5.92 Å². The lowest BCUT2D eigenvalue weighted by atomic mass is 9.94. The first-order valence-electron chi connectivity index (χ1n) is 14.0. The molecule has 38 heavy (non-hydrogen) atoms. The number of benzene rings is 2. The second-order valence-corrected chi connectivity index (χ2v) is 12.9. The van der Waals surface area contributed by atoms with Crippen LogP contribution in [0.1, 0.15) is 56.4 Å². The summed E-state index contributed by atoms with van der Waals surface area (Å²) in [4.78, 5) is 17.3. The van der Waals surface area contributed by atoms with Gasteiger partial charge in [-0.1, -0.05) is 61.4 Å². The van der Waals surface area contributed by atoms with E-state index in [-0.39, 0.29) is 18.1 Å². The minimum atomic E-state index is -3.55. The summed E-state index contributed by atoms with van der Waals surface area (Å²) in [7, 11) is -0.392. The molecule has 0 aromatic heterocycles. The highest BCUT2D eigenvalue weighted by atomic mass is 32.2. The normalized spacial score (nSPS) is 18.5. The van der Waals surface area contributed by atoms with Gasteiger partial charge in [-0.05, 0) is 68.2 Å². The van der Waals surface area contributed by atoms with Crippen LogP contribution in [0.2, 0.25) is 0 Å². The maximum Gasteiger partial charge on any atom is 0.409 e. The number of hydrogen-bond donors (Lipinski definition) is 0. The molecule has 1 heterocycles. The molecule has 8 heteroatoms. The summed E-state index contributed by atoms with van der Waals surface area (Å²) in [5.74, 6) is 0.689. The summed E-state index contributed by atoms with van der Waals surface area (Å²) in [5, 5.41) is 0. The number of carbonyl (C=O) groups excluding carboxylic acids is 1. The van der Waals surface area contributed by atoms with Crippen LogP contribution in [-0.2, 0) is 14.8 Å². The minimum Gasteiger partial charge on any atom is -0.453 e. The first-order chi connectivity index (χ1) is 18.4. The summed E-state index contributed by atoms with van der Waals surface area (Å²) in [6.45, 7) is 4.00. The van der Waals surface area contributed by atoms with E-state index in [9.17, 15) is 13.2 Å². The molecule has 0 bridgehead atoms. The molecule has 1 saturated heterocycles. The molecule has 7 nitrogen and oxygen atoms in total. The van der Waals surface area contributed by atoms with Crippen molar-refractivity contribution in [3.8, 4) is 0 Å². The number of likely N-dealkylation sites (N-methyl/N-ethyl adjacent to an activating group) is 1. The smallest absolute Gasteiger partial charge is 0.409 e. The maximum absolute atomic E-state index is 13.2. The third kappa shape index (κ3) is 7.36. The molecule has 2 aliphatic rings. The Bertz CT molecular complexity index is 1100. The van der Waals surface area contributed by atoms with Gasteiger partial charge in [0.1, 0.15) is 0 Å². The van der Waals surface area contributed by atoms with Crippen LogP contribution < -0.4 is 0 Å². The highest BCUT2D eigenvalue weighted by molar-refractivity contribution is 7.89. The highest BCUT2D eigenvalue weighted by Crippen LogP contribution is 2.29. The molecular weight excluding hydrogens is 498 g/mol. The van der Waals surface area contributed by atoms with E-state index >= 15 is 0 Å². The molecule has 2 aromatic carbocycles. The van der Waals surface area contributed by atoms with E-state index in [4.69, 9.17) is 4.74 Å². The van der Waals surface area contributed by atoms with E-state index < -0.39 is 10.0 Å². The van der Waals surface area contributed by atoms with E-state index in [0.717, 1.165) is 51.0 Å². The Morgan fingerprint density at radius 3 is 2.18 bits per heavy atom. The molecule has 1 saturated carbocycles. The van der Waals surface area contributed by atoms with Gasteiger partial charge in [-0.3, -0.25) is 0 Å². The van der Waals surface area contributed by atoms with Crippen molar-refractivity contribution in [1.82, 2.24) is 14.1 Å². The molecule has 0 radical (unpaired) electrons. The van der Waals surface area contributed by atoms with Gasteiger partial charge >= 0.3 is 6.09 Å².